The number of aryl methyl sites for hydroxylation is 1. The highest BCUT2D eigenvalue weighted by Gasteiger charge is 2.36. The van der Waals surface area contributed by atoms with Gasteiger partial charge in [0.25, 0.3) is 0 Å². The third kappa shape index (κ3) is 4.20. The average Bonchev–Trinajstić information content (AvgIpc) is 2.92. The van der Waals surface area contributed by atoms with Crippen LogP contribution in [0.5, 0.6) is 0 Å². The first-order valence-corrected chi connectivity index (χ1v) is 7.97. The summed E-state index contributed by atoms with van der Waals surface area (Å²) in [6, 6.07) is 3.73. The topological polar surface area (TPSA) is 61.4 Å². The molecule has 3 amide bonds. The lowest BCUT2D eigenvalue weighted by Gasteiger charge is -2.32. The van der Waals surface area contributed by atoms with Gasteiger partial charge in [0.1, 0.15) is 0 Å². The van der Waals surface area contributed by atoms with Crippen molar-refractivity contribution in [2.24, 2.45) is 0 Å². The van der Waals surface area contributed by atoms with Gasteiger partial charge in [0.2, 0.25) is 5.91 Å². The van der Waals surface area contributed by atoms with Crippen LogP contribution in [0.3, 0.4) is 0 Å². The number of likely N-dealkylation sites (tertiary alicyclic amines) is 1. The van der Waals surface area contributed by atoms with Crippen molar-refractivity contribution < 1.29 is 9.59 Å². The molecule has 1 saturated heterocycles. The summed E-state index contributed by atoms with van der Waals surface area (Å²) in [6.45, 7) is 9.16. The predicted octanol–water partition coefficient (Wildman–Crippen LogP) is 2.26. The molecule has 0 aromatic carbocycles. The molecule has 1 fully saturated rings. The van der Waals surface area contributed by atoms with E-state index in [9.17, 15) is 9.59 Å². The molecule has 0 unspecified atom stereocenters. The van der Waals surface area contributed by atoms with Crippen LogP contribution in [-0.2, 0) is 11.3 Å². The van der Waals surface area contributed by atoms with Crippen molar-refractivity contribution >= 4 is 23.3 Å². The summed E-state index contributed by atoms with van der Waals surface area (Å²) in [6.07, 6.45) is 0.378. The maximum Gasteiger partial charge on any atom is 0.315 e. The van der Waals surface area contributed by atoms with E-state index in [0.717, 1.165) is 4.88 Å². The van der Waals surface area contributed by atoms with Crippen molar-refractivity contribution in [3.63, 3.8) is 0 Å². The van der Waals surface area contributed by atoms with E-state index in [1.54, 1.807) is 11.3 Å². The minimum absolute atomic E-state index is 0.0988. The minimum Gasteiger partial charge on any atom is -0.336 e. The van der Waals surface area contributed by atoms with Gasteiger partial charge in [0.15, 0.2) is 0 Å². The summed E-state index contributed by atoms with van der Waals surface area (Å²) >= 11 is 1.67. The highest BCUT2D eigenvalue weighted by molar-refractivity contribution is 7.11. The number of nitrogens with one attached hydrogen (secondary N) is 2. The maximum absolute atomic E-state index is 12.0. The van der Waals surface area contributed by atoms with E-state index >= 15 is 0 Å². The molecule has 0 aliphatic carbocycles. The summed E-state index contributed by atoms with van der Waals surface area (Å²) in [4.78, 5) is 28.0. The Morgan fingerprint density at radius 1 is 1.43 bits per heavy atom. The fraction of sp³-hybridized carbons (Fsp3) is 0.600. The standard InChI is InChI=1S/C15H23N3O2S/c1-10-5-6-12(21-10)8-16-14(20)17-11-7-13(19)18(9-11)15(2,3)4/h5-6,11H,7-9H2,1-4H3,(H2,16,17,20)/t11-/m1/s1. The Labute approximate surface area is 129 Å². The van der Waals surface area contributed by atoms with Gasteiger partial charge in [-0.05, 0) is 39.8 Å². The van der Waals surface area contributed by atoms with Gasteiger partial charge in [0, 0.05) is 28.3 Å². The predicted molar refractivity (Wildman–Crippen MR) is 84.3 cm³/mol. The first-order chi connectivity index (χ1) is 9.75. The van der Waals surface area contributed by atoms with Crippen LogP contribution in [0, 0.1) is 6.92 Å². The Bertz CT molecular complexity index is 533. The van der Waals surface area contributed by atoms with Crippen LogP contribution >= 0.6 is 11.3 Å². The molecule has 0 radical (unpaired) electrons. The number of urea groups is 1. The fourth-order valence-corrected chi connectivity index (χ4v) is 3.27. The van der Waals surface area contributed by atoms with Crippen LogP contribution in [0.2, 0.25) is 0 Å². The maximum atomic E-state index is 12.0. The van der Waals surface area contributed by atoms with Crippen LogP contribution in [0.25, 0.3) is 0 Å². The van der Waals surface area contributed by atoms with E-state index in [0.29, 0.717) is 19.5 Å². The Morgan fingerprint density at radius 3 is 2.67 bits per heavy atom. The van der Waals surface area contributed by atoms with Gasteiger partial charge in [-0.15, -0.1) is 11.3 Å². The number of nitrogens with zero attached hydrogens (tertiary/aromatic N) is 1. The number of carbonyl (C=O) groups is 2. The Balaban J connectivity index is 1.80. The zero-order valence-corrected chi connectivity index (χ0v) is 13.8. The first-order valence-electron chi connectivity index (χ1n) is 7.16. The number of hydrogen-bond acceptors (Lipinski definition) is 3. The zero-order valence-electron chi connectivity index (χ0n) is 13.0. The van der Waals surface area contributed by atoms with Crippen molar-refractivity contribution in [1.29, 1.82) is 0 Å². The molecule has 2 rings (SSSR count). The molecule has 1 aliphatic heterocycles. The molecule has 5 nitrogen and oxygen atoms in total. The molecule has 1 aromatic rings. The van der Waals surface area contributed by atoms with Gasteiger partial charge >= 0.3 is 6.03 Å². The highest BCUT2D eigenvalue weighted by Crippen LogP contribution is 2.21. The molecule has 1 aromatic heterocycles. The Kier molecular flexibility index (Phi) is 4.56. The average molecular weight is 309 g/mol. The fourth-order valence-electron chi connectivity index (χ4n) is 2.44. The van der Waals surface area contributed by atoms with Crippen molar-refractivity contribution in [3.8, 4) is 0 Å². The van der Waals surface area contributed by atoms with Crippen molar-refractivity contribution in [3.05, 3.63) is 21.9 Å². The molecule has 116 valence electrons. The summed E-state index contributed by atoms with van der Waals surface area (Å²) in [5, 5.41) is 5.72. The van der Waals surface area contributed by atoms with Gasteiger partial charge in [-0.1, -0.05) is 0 Å². The minimum atomic E-state index is -0.213. The van der Waals surface area contributed by atoms with Crippen LogP contribution in [0.1, 0.15) is 36.9 Å². The number of thiophene rings is 1. The molecule has 0 saturated carbocycles. The number of rotatable bonds is 3. The van der Waals surface area contributed by atoms with Crippen LogP contribution in [0.4, 0.5) is 4.79 Å². The molecular formula is C15H23N3O2S. The van der Waals surface area contributed by atoms with Crippen LogP contribution in [0.15, 0.2) is 12.1 Å². The van der Waals surface area contributed by atoms with Gasteiger partial charge in [0.05, 0.1) is 12.6 Å². The largest absolute Gasteiger partial charge is 0.336 e. The summed E-state index contributed by atoms with van der Waals surface area (Å²) in [5.74, 6) is 0.0988. The van der Waals surface area contributed by atoms with E-state index in [1.165, 1.54) is 4.88 Å². The van der Waals surface area contributed by atoms with E-state index in [4.69, 9.17) is 0 Å². The van der Waals surface area contributed by atoms with Gasteiger partial charge in [-0.3, -0.25) is 4.79 Å². The molecule has 21 heavy (non-hydrogen) atoms. The van der Waals surface area contributed by atoms with Gasteiger partial charge in [-0.25, -0.2) is 4.79 Å². The van der Waals surface area contributed by atoms with Crippen molar-refractivity contribution in [2.75, 3.05) is 6.54 Å². The second-order valence-electron chi connectivity index (χ2n) is 6.42. The van der Waals surface area contributed by atoms with Gasteiger partial charge in [-0.2, -0.15) is 0 Å². The molecular weight excluding hydrogens is 286 g/mol. The van der Waals surface area contributed by atoms with Crippen molar-refractivity contribution in [1.82, 2.24) is 15.5 Å². The summed E-state index contributed by atoms with van der Waals surface area (Å²) in [7, 11) is 0. The lowest BCUT2D eigenvalue weighted by atomic mass is 10.1. The monoisotopic (exact) mass is 309 g/mol. The first kappa shape index (κ1) is 15.8. The van der Waals surface area contributed by atoms with Crippen LogP contribution in [-0.4, -0.2) is 35.0 Å². The highest BCUT2D eigenvalue weighted by atomic mass is 32.1. The molecule has 2 N–H and O–H groups in total. The Hall–Kier alpha value is -1.56. The Morgan fingerprint density at radius 2 is 2.14 bits per heavy atom. The smallest absolute Gasteiger partial charge is 0.315 e. The molecule has 0 bridgehead atoms. The molecule has 1 atom stereocenters. The molecule has 6 heteroatoms. The second-order valence-corrected chi connectivity index (χ2v) is 7.79. The molecule has 2 heterocycles. The van der Waals surface area contributed by atoms with Crippen LogP contribution < -0.4 is 10.6 Å². The summed E-state index contributed by atoms with van der Waals surface area (Å²) in [5.41, 5.74) is -0.196. The lowest BCUT2D eigenvalue weighted by Crippen LogP contribution is -2.46. The third-order valence-electron chi connectivity index (χ3n) is 3.49. The second kappa shape index (κ2) is 6.05. The SMILES string of the molecule is Cc1ccc(CNC(=O)N[C@@H]2CC(=O)N(C(C)(C)C)C2)s1. The van der Waals surface area contributed by atoms with E-state index < -0.39 is 0 Å². The summed E-state index contributed by atoms with van der Waals surface area (Å²) < 4.78 is 0. The zero-order chi connectivity index (χ0) is 15.6. The van der Waals surface area contributed by atoms with Gasteiger partial charge < -0.3 is 15.5 Å². The van der Waals surface area contributed by atoms with Crippen molar-refractivity contribution in [2.45, 2.75) is 52.2 Å². The quantitative estimate of drug-likeness (QED) is 0.899. The molecule has 0 spiro atoms. The number of carbonyl (C=O) groups excluding carboxylic acids is 2. The normalized spacial score (nSPS) is 19.0. The third-order valence-corrected chi connectivity index (χ3v) is 4.49. The van der Waals surface area contributed by atoms with E-state index in [2.05, 4.69) is 10.6 Å². The van der Waals surface area contributed by atoms with E-state index in [-0.39, 0.29) is 23.5 Å². The number of hydrogen-bond donors (Lipinski definition) is 2. The molecule has 1 aliphatic rings. The number of amides is 3. The lowest BCUT2D eigenvalue weighted by molar-refractivity contribution is -0.131. The van der Waals surface area contributed by atoms with E-state index in [1.807, 2.05) is 44.7 Å².